The second-order valence-electron chi connectivity index (χ2n) is 10.2. The number of halogens is 1. The number of epoxide rings is 1. The second kappa shape index (κ2) is 10.2. The summed E-state index contributed by atoms with van der Waals surface area (Å²) in [5.41, 5.74) is 2.37. The van der Waals surface area contributed by atoms with Gasteiger partial charge in [-0.05, 0) is 50.8 Å². The van der Waals surface area contributed by atoms with Crippen LogP contribution in [0.4, 0.5) is 10.5 Å². The lowest BCUT2D eigenvalue weighted by Crippen LogP contribution is -2.48. The third kappa shape index (κ3) is 5.67. The molecule has 3 aliphatic rings. The van der Waals surface area contributed by atoms with Crippen LogP contribution in [-0.4, -0.2) is 50.0 Å². The highest BCUT2D eigenvalue weighted by molar-refractivity contribution is 6.35. The summed E-state index contributed by atoms with van der Waals surface area (Å²) in [4.78, 5) is 27.0. The van der Waals surface area contributed by atoms with E-state index in [9.17, 15) is 9.59 Å². The van der Waals surface area contributed by atoms with Crippen LogP contribution in [0.15, 0.2) is 35.9 Å². The zero-order valence-corrected chi connectivity index (χ0v) is 21.9. The topological polar surface area (TPSA) is 80.4 Å². The number of nitrogens with one attached hydrogen (secondary N) is 1. The van der Waals surface area contributed by atoms with Crippen LogP contribution in [-0.2, 0) is 20.7 Å². The van der Waals surface area contributed by atoms with E-state index >= 15 is 0 Å². The Bertz CT molecular complexity index is 1050. The molecule has 3 heterocycles. The number of nitrogens with zero attached hydrogens (tertiary/aromatic N) is 1. The summed E-state index contributed by atoms with van der Waals surface area (Å²) in [6.45, 7) is 6.15. The van der Waals surface area contributed by atoms with Crippen LogP contribution in [0.2, 0.25) is 5.02 Å². The SMILES string of the molecule is COc1cc2cc(c1Cl)N(C)C(=O)CCC1(C)OC1[C@H](C)C1CC(C/C=C/C=C(\C)C2)NC(=O)O1. The fraction of sp³-hybridized carbons (Fsp3) is 0.556. The first-order valence-corrected chi connectivity index (χ1v) is 12.6. The van der Waals surface area contributed by atoms with Gasteiger partial charge in [0.05, 0.1) is 24.5 Å². The van der Waals surface area contributed by atoms with Gasteiger partial charge in [-0.3, -0.25) is 4.79 Å². The minimum atomic E-state index is -0.421. The number of rotatable bonds is 1. The summed E-state index contributed by atoms with van der Waals surface area (Å²) in [6.07, 6.45) is 8.53. The Morgan fingerprint density at radius 2 is 2.06 bits per heavy atom. The summed E-state index contributed by atoms with van der Waals surface area (Å²) in [5, 5.41) is 3.35. The predicted molar refractivity (Wildman–Crippen MR) is 136 cm³/mol. The summed E-state index contributed by atoms with van der Waals surface area (Å²) >= 11 is 6.60. The number of amides is 2. The Balaban J connectivity index is 1.63. The molecule has 5 atom stereocenters. The minimum absolute atomic E-state index is 0.0130. The molecule has 4 unspecified atom stereocenters. The first-order chi connectivity index (χ1) is 16.6. The van der Waals surface area contributed by atoms with Crippen molar-refractivity contribution in [2.75, 3.05) is 19.1 Å². The van der Waals surface area contributed by atoms with Crippen molar-refractivity contribution in [1.82, 2.24) is 5.32 Å². The van der Waals surface area contributed by atoms with Gasteiger partial charge in [0, 0.05) is 31.8 Å². The van der Waals surface area contributed by atoms with E-state index in [0.29, 0.717) is 35.7 Å². The highest BCUT2D eigenvalue weighted by Gasteiger charge is 2.57. The van der Waals surface area contributed by atoms with Gasteiger partial charge < -0.3 is 24.4 Å². The van der Waals surface area contributed by atoms with Crippen LogP contribution in [0, 0.1) is 5.92 Å². The average Bonchev–Trinajstić information content (AvgIpc) is 3.50. The molecule has 0 aliphatic carbocycles. The molecule has 3 aliphatic heterocycles. The number of carbonyl (C=O) groups is 2. The van der Waals surface area contributed by atoms with Crippen LogP contribution in [0.3, 0.4) is 0 Å². The van der Waals surface area contributed by atoms with Crippen LogP contribution in [0.1, 0.15) is 52.0 Å². The number of hydrogen-bond donors (Lipinski definition) is 1. The maximum atomic E-state index is 13.2. The van der Waals surface area contributed by atoms with Gasteiger partial charge in [0.1, 0.15) is 16.9 Å². The molecule has 1 aromatic rings. The Morgan fingerprint density at radius 3 is 2.80 bits per heavy atom. The van der Waals surface area contributed by atoms with Crippen molar-refractivity contribution in [3.8, 4) is 5.75 Å². The molecular formula is C27H35ClN2O5. The molecule has 0 saturated carbocycles. The lowest BCUT2D eigenvalue weighted by molar-refractivity contribution is -0.118. The standard InChI is InChI=1S/C27H35ClN2O5/c1-16-8-6-7-9-19-15-21(34-26(32)29-19)17(2)25-27(3,35-25)11-10-23(31)30(4)20-13-18(12-16)14-22(33-5)24(20)28/h6-8,13-14,17,19,21,25H,9-12,15H2,1-5H3,(H,29,32)/b7-6+,16-8+/t17-,19?,21?,25?,27?/m1/s1. The number of methoxy groups -OCH3 is 1. The molecule has 2 amide bonds. The van der Waals surface area contributed by atoms with Gasteiger partial charge in [-0.15, -0.1) is 0 Å². The van der Waals surface area contributed by atoms with Crippen molar-refractivity contribution in [2.45, 2.75) is 76.7 Å². The van der Waals surface area contributed by atoms with E-state index < -0.39 is 5.60 Å². The fourth-order valence-electron chi connectivity index (χ4n) is 5.16. The lowest BCUT2D eigenvalue weighted by atomic mass is 9.86. The Labute approximate surface area is 212 Å². The van der Waals surface area contributed by atoms with E-state index in [-0.39, 0.29) is 36.2 Å². The molecule has 1 N–H and O–H groups in total. The summed E-state index contributed by atoms with van der Waals surface area (Å²) < 4.78 is 17.2. The number of alkyl carbamates (subject to hydrolysis) is 1. The first kappa shape index (κ1) is 25.6. The maximum Gasteiger partial charge on any atom is 0.407 e. The van der Waals surface area contributed by atoms with Crippen LogP contribution < -0.4 is 15.0 Å². The number of anilines is 1. The highest BCUT2D eigenvalue weighted by atomic mass is 35.5. The van der Waals surface area contributed by atoms with E-state index in [2.05, 4.69) is 31.3 Å². The molecule has 0 aromatic heterocycles. The molecule has 190 valence electrons. The monoisotopic (exact) mass is 502 g/mol. The number of fused-ring (bicyclic) bond motifs is 5. The Hall–Kier alpha value is -2.51. The molecule has 8 heteroatoms. The average molecular weight is 503 g/mol. The molecule has 0 radical (unpaired) electrons. The molecule has 2 saturated heterocycles. The molecule has 0 spiro atoms. The van der Waals surface area contributed by atoms with Crippen molar-refractivity contribution in [3.63, 3.8) is 0 Å². The molecule has 2 fully saturated rings. The zero-order valence-electron chi connectivity index (χ0n) is 21.1. The number of benzene rings is 1. The van der Waals surface area contributed by atoms with Gasteiger partial charge in [-0.25, -0.2) is 4.79 Å². The van der Waals surface area contributed by atoms with Gasteiger partial charge >= 0.3 is 6.09 Å². The minimum Gasteiger partial charge on any atom is -0.495 e. The molecule has 35 heavy (non-hydrogen) atoms. The first-order valence-electron chi connectivity index (χ1n) is 12.2. The molecular weight excluding hydrogens is 468 g/mol. The third-order valence-electron chi connectivity index (χ3n) is 7.39. The fourth-order valence-corrected chi connectivity index (χ4v) is 5.48. The van der Waals surface area contributed by atoms with Crippen molar-refractivity contribution in [2.24, 2.45) is 5.92 Å². The number of carbonyl (C=O) groups excluding carboxylic acids is 2. The molecule has 4 bridgehead atoms. The normalized spacial score (nSPS) is 34.1. The Morgan fingerprint density at radius 1 is 1.29 bits per heavy atom. The van der Waals surface area contributed by atoms with Crippen molar-refractivity contribution < 1.29 is 23.8 Å². The van der Waals surface area contributed by atoms with Crippen LogP contribution in [0.5, 0.6) is 5.75 Å². The number of hydrogen-bond acceptors (Lipinski definition) is 5. The van der Waals surface area contributed by atoms with E-state index in [1.807, 2.05) is 25.1 Å². The predicted octanol–water partition coefficient (Wildman–Crippen LogP) is 5.20. The highest BCUT2D eigenvalue weighted by Crippen LogP contribution is 2.47. The Kier molecular flexibility index (Phi) is 7.48. The van der Waals surface area contributed by atoms with E-state index in [4.69, 9.17) is 25.8 Å². The molecule has 1 aromatic carbocycles. The van der Waals surface area contributed by atoms with Crippen molar-refractivity contribution >= 4 is 29.3 Å². The molecule has 7 nitrogen and oxygen atoms in total. The van der Waals surface area contributed by atoms with Crippen molar-refractivity contribution in [3.05, 3.63) is 46.5 Å². The summed E-state index contributed by atoms with van der Waals surface area (Å²) in [6, 6.07) is 3.88. The van der Waals surface area contributed by atoms with E-state index in [0.717, 1.165) is 24.0 Å². The van der Waals surface area contributed by atoms with Gasteiger partial charge in [0.25, 0.3) is 0 Å². The largest absolute Gasteiger partial charge is 0.495 e. The van der Waals surface area contributed by atoms with Gasteiger partial charge in [0.15, 0.2) is 0 Å². The smallest absolute Gasteiger partial charge is 0.407 e. The van der Waals surface area contributed by atoms with E-state index in [1.165, 1.54) is 0 Å². The van der Waals surface area contributed by atoms with Gasteiger partial charge in [0.2, 0.25) is 5.91 Å². The third-order valence-corrected chi connectivity index (χ3v) is 7.77. The zero-order chi connectivity index (χ0) is 25.3. The quantitative estimate of drug-likeness (QED) is 0.534. The number of allylic oxidation sites excluding steroid dienone is 3. The molecule has 4 rings (SSSR count). The lowest BCUT2D eigenvalue weighted by Gasteiger charge is -2.33. The summed E-state index contributed by atoms with van der Waals surface area (Å²) in [7, 11) is 3.32. The maximum absolute atomic E-state index is 13.2. The van der Waals surface area contributed by atoms with Crippen LogP contribution >= 0.6 is 11.6 Å². The van der Waals surface area contributed by atoms with E-state index in [1.54, 1.807) is 19.1 Å². The summed E-state index contributed by atoms with van der Waals surface area (Å²) in [5.74, 6) is 0.531. The van der Waals surface area contributed by atoms with Crippen molar-refractivity contribution in [1.29, 1.82) is 0 Å². The number of ether oxygens (including phenoxy) is 3. The van der Waals surface area contributed by atoms with Gasteiger partial charge in [-0.1, -0.05) is 42.3 Å². The van der Waals surface area contributed by atoms with Gasteiger partial charge in [-0.2, -0.15) is 0 Å². The van der Waals surface area contributed by atoms with Crippen LogP contribution in [0.25, 0.3) is 0 Å². The second-order valence-corrected chi connectivity index (χ2v) is 10.5.